The Morgan fingerprint density at radius 3 is 2.30 bits per heavy atom. The van der Waals surface area contributed by atoms with Crippen molar-refractivity contribution in [3.63, 3.8) is 0 Å². The van der Waals surface area contributed by atoms with Gasteiger partial charge in [-0.2, -0.15) is 0 Å². The van der Waals surface area contributed by atoms with E-state index in [4.69, 9.17) is 0 Å². The number of amides is 2. The lowest BCUT2D eigenvalue weighted by Gasteiger charge is -2.11. The SMILES string of the molecule is C=CCN1C(=O)C(SCc2ccccc2)=C(c2ccc([N+](=O)[O-])cc2)C1=O. The second kappa shape index (κ2) is 8.01. The largest absolute Gasteiger partial charge is 0.270 e. The summed E-state index contributed by atoms with van der Waals surface area (Å²) in [6.07, 6.45) is 1.49. The van der Waals surface area contributed by atoms with E-state index >= 15 is 0 Å². The van der Waals surface area contributed by atoms with Crippen molar-refractivity contribution in [2.45, 2.75) is 5.75 Å². The average molecular weight is 380 g/mol. The van der Waals surface area contributed by atoms with Gasteiger partial charge in [-0.25, -0.2) is 0 Å². The zero-order chi connectivity index (χ0) is 19.4. The Bertz CT molecular complexity index is 936. The number of carbonyl (C=O) groups excluding carboxylic acids is 2. The summed E-state index contributed by atoms with van der Waals surface area (Å²) in [5.74, 6) is -0.244. The predicted octanol–water partition coefficient (Wildman–Crippen LogP) is 3.79. The minimum Gasteiger partial charge on any atom is -0.270 e. The van der Waals surface area contributed by atoms with Crippen LogP contribution >= 0.6 is 11.8 Å². The molecule has 7 heteroatoms. The molecular weight excluding hydrogens is 364 g/mol. The summed E-state index contributed by atoms with van der Waals surface area (Å²) in [5.41, 5.74) is 1.72. The third-order valence-corrected chi connectivity index (χ3v) is 5.18. The van der Waals surface area contributed by atoms with Crippen molar-refractivity contribution in [1.29, 1.82) is 0 Å². The molecule has 3 rings (SSSR count). The van der Waals surface area contributed by atoms with Crippen LogP contribution in [-0.4, -0.2) is 28.2 Å². The summed E-state index contributed by atoms with van der Waals surface area (Å²) in [6.45, 7) is 3.71. The molecule has 0 unspecified atom stereocenters. The first kappa shape index (κ1) is 18.6. The molecule has 2 aromatic rings. The fourth-order valence-corrected chi connectivity index (χ4v) is 3.80. The van der Waals surface area contributed by atoms with Crippen LogP contribution < -0.4 is 0 Å². The highest BCUT2D eigenvalue weighted by atomic mass is 32.2. The van der Waals surface area contributed by atoms with Gasteiger partial charge in [-0.15, -0.1) is 18.3 Å². The Balaban J connectivity index is 1.97. The van der Waals surface area contributed by atoms with Gasteiger partial charge in [-0.05, 0) is 23.3 Å². The standard InChI is InChI=1S/C20H16N2O4S/c1-2-12-21-19(23)17(15-8-10-16(11-9-15)22(25)26)18(20(21)24)27-13-14-6-4-3-5-7-14/h2-11H,1,12-13H2. The molecule has 1 heterocycles. The Hall–Kier alpha value is -3.19. The van der Waals surface area contributed by atoms with Gasteiger partial charge in [0.2, 0.25) is 0 Å². The molecule has 0 N–H and O–H groups in total. The van der Waals surface area contributed by atoms with Crippen LogP contribution in [0.15, 0.2) is 72.2 Å². The van der Waals surface area contributed by atoms with Gasteiger partial charge in [0.15, 0.2) is 0 Å². The van der Waals surface area contributed by atoms with Crippen LogP contribution in [0.4, 0.5) is 5.69 Å². The van der Waals surface area contributed by atoms with E-state index in [0.717, 1.165) is 10.5 Å². The number of imide groups is 1. The maximum atomic E-state index is 12.8. The second-order valence-corrected chi connectivity index (χ2v) is 6.78. The lowest BCUT2D eigenvalue weighted by molar-refractivity contribution is -0.384. The zero-order valence-electron chi connectivity index (χ0n) is 14.3. The number of hydrogen-bond donors (Lipinski definition) is 0. The minimum atomic E-state index is -0.505. The number of nitrogens with zero attached hydrogens (tertiary/aromatic N) is 2. The first-order chi connectivity index (χ1) is 13.0. The number of thioether (sulfide) groups is 1. The molecule has 0 fully saturated rings. The molecule has 0 saturated heterocycles. The molecule has 2 amide bonds. The number of nitro groups is 1. The second-order valence-electron chi connectivity index (χ2n) is 5.79. The van der Waals surface area contributed by atoms with Crippen molar-refractivity contribution in [3.8, 4) is 0 Å². The normalized spacial score (nSPS) is 14.0. The van der Waals surface area contributed by atoms with Crippen LogP contribution in [0.5, 0.6) is 0 Å². The topological polar surface area (TPSA) is 80.5 Å². The molecule has 0 aliphatic carbocycles. The molecule has 1 aliphatic rings. The smallest absolute Gasteiger partial charge is 0.269 e. The third kappa shape index (κ3) is 3.83. The van der Waals surface area contributed by atoms with E-state index in [0.29, 0.717) is 16.2 Å². The highest BCUT2D eigenvalue weighted by molar-refractivity contribution is 8.03. The van der Waals surface area contributed by atoms with Gasteiger partial charge >= 0.3 is 0 Å². The Morgan fingerprint density at radius 1 is 1.04 bits per heavy atom. The van der Waals surface area contributed by atoms with Gasteiger partial charge in [0.1, 0.15) is 0 Å². The summed E-state index contributed by atoms with van der Waals surface area (Å²) in [5, 5.41) is 10.9. The molecule has 0 aromatic heterocycles. The number of hydrogen-bond acceptors (Lipinski definition) is 5. The Morgan fingerprint density at radius 2 is 1.70 bits per heavy atom. The quantitative estimate of drug-likeness (QED) is 0.316. The molecular formula is C20H16N2O4S. The third-order valence-electron chi connectivity index (χ3n) is 4.03. The van der Waals surface area contributed by atoms with E-state index < -0.39 is 10.8 Å². The summed E-state index contributed by atoms with van der Waals surface area (Å²) in [6, 6.07) is 15.3. The minimum absolute atomic E-state index is 0.0717. The number of benzene rings is 2. The van der Waals surface area contributed by atoms with E-state index in [1.807, 2.05) is 30.3 Å². The number of nitro benzene ring substituents is 1. The van der Waals surface area contributed by atoms with Crippen LogP contribution in [0.25, 0.3) is 5.57 Å². The molecule has 0 spiro atoms. The summed E-state index contributed by atoms with van der Waals surface area (Å²) >= 11 is 1.29. The van der Waals surface area contributed by atoms with Gasteiger partial charge in [0.25, 0.3) is 17.5 Å². The fourth-order valence-electron chi connectivity index (χ4n) is 2.72. The van der Waals surface area contributed by atoms with Crippen LogP contribution in [-0.2, 0) is 15.3 Å². The fraction of sp³-hybridized carbons (Fsp3) is 0.100. The van der Waals surface area contributed by atoms with Crippen molar-refractivity contribution in [2.75, 3.05) is 6.54 Å². The van der Waals surface area contributed by atoms with Gasteiger partial charge in [-0.3, -0.25) is 24.6 Å². The molecule has 136 valence electrons. The highest BCUT2D eigenvalue weighted by Gasteiger charge is 2.38. The lowest BCUT2D eigenvalue weighted by atomic mass is 10.1. The van der Waals surface area contributed by atoms with Gasteiger partial charge in [0.05, 0.1) is 15.4 Å². The first-order valence-electron chi connectivity index (χ1n) is 8.16. The molecule has 27 heavy (non-hydrogen) atoms. The van der Waals surface area contributed by atoms with Crippen molar-refractivity contribution in [1.82, 2.24) is 4.90 Å². The van der Waals surface area contributed by atoms with Crippen LogP contribution in [0.1, 0.15) is 11.1 Å². The van der Waals surface area contributed by atoms with E-state index in [1.54, 1.807) is 0 Å². The summed E-state index contributed by atoms with van der Waals surface area (Å²) in [7, 11) is 0. The predicted molar refractivity (Wildman–Crippen MR) is 105 cm³/mol. The maximum absolute atomic E-state index is 12.8. The van der Waals surface area contributed by atoms with Crippen LogP contribution in [0.3, 0.4) is 0 Å². The average Bonchev–Trinajstić information content (AvgIpc) is 2.92. The van der Waals surface area contributed by atoms with Gasteiger partial charge in [-0.1, -0.05) is 36.4 Å². The molecule has 0 saturated carbocycles. The maximum Gasteiger partial charge on any atom is 0.269 e. The van der Waals surface area contributed by atoms with Gasteiger partial charge in [0, 0.05) is 24.4 Å². The molecule has 0 bridgehead atoms. The molecule has 2 aromatic carbocycles. The summed E-state index contributed by atoms with van der Waals surface area (Å²) < 4.78 is 0. The van der Waals surface area contributed by atoms with E-state index in [1.165, 1.54) is 42.1 Å². The van der Waals surface area contributed by atoms with Crippen molar-refractivity contribution in [2.24, 2.45) is 0 Å². The van der Waals surface area contributed by atoms with Gasteiger partial charge < -0.3 is 0 Å². The van der Waals surface area contributed by atoms with Crippen molar-refractivity contribution in [3.05, 3.63) is 93.4 Å². The van der Waals surface area contributed by atoms with E-state index in [2.05, 4.69) is 6.58 Å². The monoisotopic (exact) mass is 380 g/mol. The van der Waals surface area contributed by atoms with Crippen molar-refractivity contribution >= 4 is 34.8 Å². The number of rotatable bonds is 7. The Labute approximate surface area is 160 Å². The zero-order valence-corrected chi connectivity index (χ0v) is 15.1. The number of non-ortho nitro benzene ring substituents is 1. The van der Waals surface area contributed by atoms with Crippen LogP contribution in [0.2, 0.25) is 0 Å². The molecule has 0 radical (unpaired) electrons. The molecule has 6 nitrogen and oxygen atoms in total. The number of carbonyl (C=O) groups is 2. The van der Waals surface area contributed by atoms with Crippen LogP contribution in [0, 0.1) is 10.1 Å². The molecule has 1 aliphatic heterocycles. The summed E-state index contributed by atoms with van der Waals surface area (Å²) in [4.78, 5) is 37.4. The van der Waals surface area contributed by atoms with E-state index in [9.17, 15) is 19.7 Å². The Kier molecular flexibility index (Phi) is 5.52. The first-order valence-corrected chi connectivity index (χ1v) is 9.14. The molecule has 0 atom stereocenters. The van der Waals surface area contributed by atoms with Crippen molar-refractivity contribution < 1.29 is 14.5 Å². The highest BCUT2D eigenvalue weighted by Crippen LogP contribution is 2.37. The lowest BCUT2D eigenvalue weighted by Crippen LogP contribution is -2.31. The van der Waals surface area contributed by atoms with E-state index in [-0.39, 0.29) is 23.7 Å².